The van der Waals surface area contributed by atoms with E-state index in [0.29, 0.717) is 12.5 Å². The van der Waals surface area contributed by atoms with Crippen LogP contribution in [-0.4, -0.2) is 105 Å². The summed E-state index contributed by atoms with van der Waals surface area (Å²) < 4.78 is 9.22. The van der Waals surface area contributed by atoms with Gasteiger partial charge < -0.3 is 24.3 Å². The maximum absolute atomic E-state index is 13.5. The van der Waals surface area contributed by atoms with Crippen molar-refractivity contribution < 1.29 is 9.53 Å². The smallest absolute Gasteiger partial charge is 0.410 e. The van der Waals surface area contributed by atoms with Gasteiger partial charge in [0.05, 0.1) is 24.1 Å². The lowest BCUT2D eigenvalue weighted by molar-refractivity contribution is 0.00736. The second-order valence-corrected chi connectivity index (χ2v) is 14.2. The third-order valence-corrected chi connectivity index (χ3v) is 9.63. The lowest BCUT2D eigenvalue weighted by atomic mass is 9.84. The summed E-state index contributed by atoms with van der Waals surface area (Å²) in [5.74, 6) is 0.544. The number of aromatic nitrogens is 5. The van der Waals surface area contributed by atoms with Crippen LogP contribution in [0.2, 0.25) is 0 Å². The molecule has 248 valence electrons. The van der Waals surface area contributed by atoms with Crippen LogP contribution >= 0.6 is 0 Å². The minimum Gasteiger partial charge on any atom is -0.444 e. The van der Waals surface area contributed by atoms with E-state index in [2.05, 4.69) is 43.1 Å². The van der Waals surface area contributed by atoms with Gasteiger partial charge in [-0.05, 0) is 78.5 Å². The van der Waals surface area contributed by atoms with Gasteiger partial charge in [0.15, 0.2) is 0 Å². The van der Waals surface area contributed by atoms with E-state index in [1.54, 1.807) is 15.3 Å². The Hall–Kier alpha value is -3.93. The largest absolute Gasteiger partial charge is 0.444 e. The highest BCUT2D eigenvalue weighted by Gasteiger charge is 2.34. The highest BCUT2D eigenvalue weighted by Crippen LogP contribution is 2.31. The zero-order chi connectivity index (χ0) is 32.4. The highest BCUT2D eigenvalue weighted by molar-refractivity contribution is 5.69. The molecule has 0 radical (unpaired) electrons. The Morgan fingerprint density at radius 2 is 1.80 bits per heavy atom. The molecule has 1 aliphatic carbocycles. The summed E-state index contributed by atoms with van der Waals surface area (Å²) in [6, 6.07) is 5.85. The number of amides is 1. The van der Waals surface area contributed by atoms with Crippen molar-refractivity contribution >= 4 is 17.5 Å². The Morgan fingerprint density at radius 3 is 2.50 bits per heavy atom. The predicted molar refractivity (Wildman–Crippen MR) is 179 cm³/mol. The maximum atomic E-state index is 13.5. The molecule has 0 bridgehead atoms. The van der Waals surface area contributed by atoms with Crippen LogP contribution in [0.1, 0.15) is 66.0 Å². The number of ether oxygens (including phenoxy) is 1. The Bertz CT molecular complexity index is 1550. The van der Waals surface area contributed by atoms with E-state index in [0.717, 1.165) is 74.7 Å². The van der Waals surface area contributed by atoms with Gasteiger partial charge >= 0.3 is 6.09 Å². The number of rotatable bonds is 8. The van der Waals surface area contributed by atoms with Crippen molar-refractivity contribution in [1.82, 2.24) is 34.3 Å². The molecular weight excluding hydrogens is 582 g/mol. The Kier molecular flexibility index (Phi) is 9.35. The molecule has 0 N–H and O–H groups in total. The van der Waals surface area contributed by atoms with Gasteiger partial charge in [0, 0.05) is 75.5 Å². The van der Waals surface area contributed by atoms with Crippen molar-refractivity contribution in [3.8, 4) is 11.3 Å². The Morgan fingerprint density at radius 1 is 1.02 bits per heavy atom. The van der Waals surface area contributed by atoms with E-state index in [-0.39, 0.29) is 23.9 Å². The van der Waals surface area contributed by atoms with Crippen molar-refractivity contribution in [2.45, 2.75) is 77.6 Å². The molecule has 6 rings (SSSR count). The van der Waals surface area contributed by atoms with Crippen LogP contribution in [-0.2, 0) is 4.74 Å². The van der Waals surface area contributed by atoms with Crippen LogP contribution in [0, 0.1) is 5.92 Å². The van der Waals surface area contributed by atoms with Gasteiger partial charge in [0.1, 0.15) is 17.5 Å². The monoisotopic (exact) mass is 631 g/mol. The average molecular weight is 632 g/mol. The molecule has 3 aromatic rings. The average Bonchev–Trinajstić information content (AvgIpc) is 3.50. The molecule has 5 heterocycles. The molecule has 1 saturated carbocycles. The number of anilines is 2. The van der Waals surface area contributed by atoms with Crippen LogP contribution in [0.25, 0.3) is 11.3 Å². The molecule has 12 heteroatoms. The number of likely N-dealkylation sites (N-methyl/N-ethyl adjacent to an activating group) is 1. The number of piperazine rings is 1. The van der Waals surface area contributed by atoms with Crippen molar-refractivity contribution in [2.24, 2.45) is 5.92 Å². The first-order valence-electron chi connectivity index (χ1n) is 16.8. The third-order valence-electron chi connectivity index (χ3n) is 9.63. The fraction of sp³-hybridized carbons (Fsp3) is 0.618. The standard InChI is InChI=1S/C34H49N9O3/c1-25(43-24-31(36-37-43)27-18-30(21-35-20-27)39-16-14-38(5)15-17-39)41-13-11-28(19-32(41)44)40-12-7-10-29(23-40)42(22-26-8-6-9-26)33(45)46-34(2,3)4/h11,13,18-21,24-26,29H,6-10,12,14-17,22-23H2,1-5H3/t25?,29-/m1/s1. The normalized spacial score (nSPS) is 20.3. The van der Waals surface area contributed by atoms with E-state index < -0.39 is 5.60 Å². The minimum absolute atomic E-state index is 0.0448. The zero-order valence-electron chi connectivity index (χ0n) is 28.0. The van der Waals surface area contributed by atoms with Crippen LogP contribution in [0.15, 0.2) is 47.8 Å². The lowest BCUT2D eigenvalue weighted by Crippen LogP contribution is -2.53. The number of hydrogen-bond donors (Lipinski definition) is 0. The van der Waals surface area contributed by atoms with E-state index in [1.807, 2.05) is 63.4 Å². The topological polar surface area (TPSA) is 105 Å². The number of hydrogen-bond acceptors (Lipinski definition) is 9. The molecule has 3 fully saturated rings. The molecule has 2 aliphatic heterocycles. The number of pyridine rings is 2. The van der Waals surface area contributed by atoms with E-state index in [9.17, 15) is 9.59 Å². The summed E-state index contributed by atoms with van der Waals surface area (Å²) in [5, 5.41) is 8.80. The van der Waals surface area contributed by atoms with Crippen molar-refractivity contribution in [2.75, 3.05) is 62.7 Å². The SMILES string of the molecule is CC(n1cc(-c2cncc(N3CCN(C)CC3)c2)nn1)n1ccc(N2CCC[C@@H](N(CC3CCC3)C(=O)OC(C)(C)C)C2)cc1=O. The molecule has 1 amide bonds. The van der Waals surface area contributed by atoms with Gasteiger partial charge in [0.25, 0.3) is 5.56 Å². The van der Waals surface area contributed by atoms with Crippen molar-refractivity contribution in [3.63, 3.8) is 0 Å². The summed E-state index contributed by atoms with van der Waals surface area (Å²) in [4.78, 5) is 40.1. The molecule has 12 nitrogen and oxygen atoms in total. The van der Waals surface area contributed by atoms with Gasteiger partial charge in [-0.3, -0.25) is 14.3 Å². The molecule has 0 aromatic carbocycles. The second kappa shape index (κ2) is 13.4. The molecule has 3 aliphatic rings. The van der Waals surface area contributed by atoms with Gasteiger partial charge in [-0.2, -0.15) is 0 Å². The van der Waals surface area contributed by atoms with Crippen LogP contribution in [0.3, 0.4) is 0 Å². The minimum atomic E-state index is -0.541. The molecule has 2 saturated heterocycles. The van der Waals surface area contributed by atoms with E-state index in [4.69, 9.17) is 4.74 Å². The summed E-state index contributed by atoms with van der Waals surface area (Å²) in [5.41, 5.74) is 2.92. The zero-order valence-corrected chi connectivity index (χ0v) is 28.0. The Balaban J connectivity index is 1.14. The van der Waals surface area contributed by atoms with Crippen molar-refractivity contribution in [3.05, 3.63) is 53.3 Å². The summed E-state index contributed by atoms with van der Waals surface area (Å²) in [6.07, 6.45) is 12.3. The van der Waals surface area contributed by atoms with Gasteiger partial charge in [0.2, 0.25) is 0 Å². The van der Waals surface area contributed by atoms with Gasteiger partial charge in [-0.1, -0.05) is 11.6 Å². The summed E-state index contributed by atoms with van der Waals surface area (Å²) in [6.45, 7) is 13.9. The third kappa shape index (κ3) is 7.37. The van der Waals surface area contributed by atoms with Gasteiger partial charge in [-0.15, -0.1) is 5.10 Å². The maximum Gasteiger partial charge on any atom is 0.410 e. The molecule has 2 atom stereocenters. The summed E-state index contributed by atoms with van der Waals surface area (Å²) >= 11 is 0. The molecule has 3 aromatic heterocycles. The van der Waals surface area contributed by atoms with E-state index in [1.165, 1.54) is 19.3 Å². The first kappa shape index (κ1) is 32.0. The predicted octanol–water partition coefficient (Wildman–Crippen LogP) is 4.33. The summed E-state index contributed by atoms with van der Waals surface area (Å²) in [7, 11) is 2.15. The highest BCUT2D eigenvalue weighted by atomic mass is 16.6. The molecule has 1 unspecified atom stereocenters. The molecule has 46 heavy (non-hydrogen) atoms. The first-order valence-corrected chi connectivity index (χ1v) is 16.8. The lowest BCUT2D eigenvalue weighted by Gasteiger charge is -2.43. The van der Waals surface area contributed by atoms with Gasteiger partial charge in [-0.25, -0.2) is 9.48 Å². The number of nitrogens with zero attached hydrogens (tertiary/aromatic N) is 9. The fourth-order valence-corrected chi connectivity index (χ4v) is 6.60. The number of piperidine rings is 1. The second-order valence-electron chi connectivity index (χ2n) is 14.2. The van der Waals surface area contributed by atoms with Crippen LogP contribution < -0.4 is 15.4 Å². The Labute approximate surface area is 271 Å². The first-order chi connectivity index (χ1) is 22.0. The number of carbonyl (C=O) groups is 1. The van der Waals surface area contributed by atoms with Crippen LogP contribution in [0.5, 0.6) is 0 Å². The van der Waals surface area contributed by atoms with Crippen molar-refractivity contribution in [1.29, 1.82) is 0 Å². The van der Waals surface area contributed by atoms with Crippen LogP contribution in [0.4, 0.5) is 16.2 Å². The number of carbonyl (C=O) groups excluding carboxylic acids is 1. The molecular formula is C34H49N9O3. The van der Waals surface area contributed by atoms with E-state index >= 15 is 0 Å². The quantitative estimate of drug-likeness (QED) is 0.359. The molecule has 0 spiro atoms. The fourth-order valence-electron chi connectivity index (χ4n) is 6.60.